The summed E-state index contributed by atoms with van der Waals surface area (Å²) in [6, 6.07) is 56.6. The molecular formula is C57H46N4OPt-2. The number of fused-ring (bicyclic) bond motifs is 10. The standard InChI is InChI=1S/C57H46N4O.Pt/c1-36-30-48-44-21-11-9-19-42(44)41-18-8-10-20-43(41)47-23-15-25-51-55(47)60(54(48)49(31-36)57(5,6)7)35-59(51)38-16-14-17-39(33-38)62-40-26-27-46-45-22-12-13-24-50(45)61(52(46)34-40)53-32-37(28-29-58-53)56(2,3)4;/h8-32H,1-7H3;/q-2;/i1D3;. The van der Waals surface area contributed by atoms with Crippen molar-refractivity contribution in [1.29, 1.82) is 0 Å². The summed E-state index contributed by atoms with van der Waals surface area (Å²) >= 11 is 0. The first-order valence-corrected chi connectivity index (χ1v) is 21.1. The molecule has 0 unspecified atom stereocenters. The summed E-state index contributed by atoms with van der Waals surface area (Å²) in [7, 11) is 0. The topological polar surface area (TPSA) is 35.9 Å². The maximum atomic E-state index is 8.62. The number of aryl methyl sites for hydroxylation is 1. The van der Waals surface area contributed by atoms with Crippen LogP contribution >= 0.6 is 0 Å². The molecule has 0 fully saturated rings. The zero-order valence-electron chi connectivity index (χ0n) is 38.9. The second-order valence-electron chi connectivity index (χ2n) is 18.3. The second-order valence-corrected chi connectivity index (χ2v) is 18.3. The summed E-state index contributed by atoms with van der Waals surface area (Å²) in [5, 5.41) is 2.17. The molecule has 0 radical (unpaired) electrons. The van der Waals surface area contributed by atoms with Crippen LogP contribution in [0.3, 0.4) is 0 Å². The molecule has 10 aromatic rings. The molecule has 7 aromatic carbocycles. The number of pyridine rings is 1. The van der Waals surface area contributed by atoms with Gasteiger partial charge in [0.25, 0.3) is 6.33 Å². The van der Waals surface area contributed by atoms with Crippen LogP contribution in [0.1, 0.15) is 62.3 Å². The number of benzene rings is 7. The van der Waals surface area contributed by atoms with Gasteiger partial charge in [-0.2, -0.15) is 18.2 Å². The number of aromatic nitrogens is 4. The minimum atomic E-state index is -2.32. The Morgan fingerprint density at radius 1 is 0.603 bits per heavy atom. The van der Waals surface area contributed by atoms with Crippen LogP contribution < -0.4 is 9.30 Å². The van der Waals surface area contributed by atoms with Crippen LogP contribution in [0.25, 0.3) is 83.4 Å². The zero-order valence-corrected chi connectivity index (χ0v) is 38.2. The molecule has 0 amide bonds. The van der Waals surface area contributed by atoms with E-state index in [1.165, 1.54) is 5.56 Å². The minimum absolute atomic E-state index is 0. The van der Waals surface area contributed by atoms with Gasteiger partial charge < -0.3 is 13.9 Å². The quantitative estimate of drug-likeness (QED) is 0.130. The first-order valence-electron chi connectivity index (χ1n) is 22.6. The van der Waals surface area contributed by atoms with Crippen molar-refractivity contribution in [3.8, 4) is 62.1 Å². The van der Waals surface area contributed by atoms with Gasteiger partial charge in [0.2, 0.25) is 0 Å². The third kappa shape index (κ3) is 6.73. The molecule has 0 aliphatic carbocycles. The van der Waals surface area contributed by atoms with Gasteiger partial charge in [0.1, 0.15) is 5.82 Å². The fourth-order valence-corrected chi connectivity index (χ4v) is 9.20. The number of para-hydroxylation sites is 2. The van der Waals surface area contributed by atoms with Gasteiger partial charge in [-0.05, 0) is 91.5 Å². The number of hydrogen-bond donors (Lipinski definition) is 0. The van der Waals surface area contributed by atoms with Crippen LogP contribution in [-0.4, -0.2) is 14.1 Å². The van der Waals surface area contributed by atoms with Crippen molar-refractivity contribution in [2.45, 2.75) is 59.2 Å². The van der Waals surface area contributed by atoms with E-state index in [1.807, 2.05) is 53.2 Å². The van der Waals surface area contributed by atoms with Gasteiger partial charge in [-0.15, -0.1) is 29.7 Å². The zero-order chi connectivity index (χ0) is 45.0. The fraction of sp³-hybridized carbons (Fsp3) is 0.158. The third-order valence-electron chi connectivity index (χ3n) is 12.2. The van der Waals surface area contributed by atoms with Gasteiger partial charge in [0, 0.05) is 48.4 Å². The average molecular weight is 1000 g/mol. The Morgan fingerprint density at radius 3 is 1.98 bits per heavy atom. The molecule has 5 nitrogen and oxygen atoms in total. The SMILES string of the molecule is [2H]C([2H])([2H])c1cc2c(c(C(C)(C)C)c1)-[n+]1[c-]n(-c3[c-]c(Oc4[c-]c5c(cc4)c4ccccc4n5-c4cc(C(C)(C)C)ccn4)ccc3)c3cccc(c31)-c1ccccc1-c1ccccc1-2.[Pt]. The average Bonchev–Trinajstić information content (AvgIpc) is 3.84. The molecule has 6 heteroatoms. The van der Waals surface area contributed by atoms with E-state index in [0.29, 0.717) is 17.1 Å². The summed E-state index contributed by atoms with van der Waals surface area (Å²) in [6.07, 6.45) is 5.67. The largest absolute Gasteiger partial charge is 0.510 e. The van der Waals surface area contributed by atoms with E-state index < -0.39 is 12.3 Å². The summed E-state index contributed by atoms with van der Waals surface area (Å²) in [4.78, 5) is 4.85. The van der Waals surface area contributed by atoms with Crippen molar-refractivity contribution >= 4 is 32.8 Å². The van der Waals surface area contributed by atoms with Crippen LogP contribution in [0, 0.1) is 25.3 Å². The van der Waals surface area contributed by atoms with Crippen LogP contribution in [0.5, 0.6) is 11.5 Å². The predicted octanol–water partition coefficient (Wildman–Crippen LogP) is 13.8. The van der Waals surface area contributed by atoms with E-state index in [2.05, 4.69) is 172 Å². The van der Waals surface area contributed by atoms with Crippen LogP contribution in [0.15, 0.2) is 152 Å². The molecule has 0 saturated heterocycles. The van der Waals surface area contributed by atoms with Crippen molar-refractivity contribution in [2.24, 2.45) is 0 Å². The first-order chi connectivity index (χ1) is 31.1. The van der Waals surface area contributed by atoms with Crippen molar-refractivity contribution in [3.63, 3.8) is 0 Å². The van der Waals surface area contributed by atoms with Crippen LogP contribution in [-0.2, 0) is 31.9 Å². The summed E-state index contributed by atoms with van der Waals surface area (Å²) < 4.78 is 38.9. The molecule has 0 spiro atoms. The molecule has 3 aromatic heterocycles. The molecule has 0 saturated carbocycles. The molecule has 1 aliphatic rings. The molecule has 0 bridgehead atoms. The Kier molecular flexibility index (Phi) is 8.86. The predicted molar refractivity (Wildman–Crippen MR) is 252 cm³/mol. The van der Waals surface area contributed by atoms with Crippen molar-refractivity contribution < 1.29 is 34.5 Å². The monoisotopic (exact) mass is 1000 g/mol. The van der Waals surface area contributed by atoms with Gasteiger partial charge in [-0.25, -0.2) is 4.98 Å². The van der Waals surface area contributed by atoms with Crippen molar-refractivity contribution in [1.82, 2.24) is 14.1 Å². The van der Waals surface area contributed by atoms with Crippen molar-refractivity contribution in [3.05, 3.63) is 187 Å². The summed E-state index contributed by atoms with van der Waals surface area (Å²) in [5.74, 6) is 1.89. The molecule has 312 valence electrons. The van der Waals surface area contributed by atoms with E-state index >= 15 is 0 Å². The Balaban J connectivity index is 0.00000511. The molecule has 0 N–H and O–H groups in total. The van der Waals surface area contributed by atoms with Gasteiger partial charge in [-0.1, -0.05) is 150 Å². The number of imidazole rings is 1. The number of hydrogen-bond acceptors (Lipinski definition) is 2. The van der Waals surface area contributed by atoms with E-state index in [4.69, 9.17) is 13.8 Å². The number of rotatable bonds is 4. The normalized spacial score (nSPS) is 13.1. The molecular weight excluding hydrogens is 952 g/mol. The number of nitrogens with zero attached hydrogens (tertiary/aromatic N) is 4. The van der Waals surface area contributed by atoms with Crippen LogP contribution in [0.4, 0.5) is 0 Å². The number of ether oxygens (including phenoxy) is 1. The minimum Gasteiger partial charge on any atom is -0.510 e. The maximum absolute atomic E-state index is 8.62. The molecule has 0 atom stereocenters. The summed E-state index contributed by atoms with van der Waals surface area (Å²) in [5.41, 5.74) is 13.3. The van der Waals surface area contributed by atoms with E-state index in [0.717, 1.165) is 89.0 Å². The Bertz CT molecular complexity index is 3550. The molecule has 1 aliphatic heterocycles. The second kappa shape index (κ2) is 15.1. The maximum Gasteiger partial charge on any atom is 0.268 e. The first kappa shape index (κ1) is 37.0. The third-order valence-corrected chi connectivity index (χ3v) is 12.2. The summed E-state index contributed by atoms with van der Waals surface area (Å²) in [6.45, 7) is 10.7. The molecule has 4 heterocycles. The smallest absolute Gasteiger partial charge is 0.268 e. The van der Waals surface area contributed by atoms with E-state index in [-0.39, 0.29) is 26.5 Å². The van der Waals surface area contributed by atoms with E-state index in [9.17, 15) is 0 Å². The van der Waals surface area contributed by atoms with Crippen molar-refractivity contribution in [2.75, 3.05) is 0 Å². The Labute approximate surface area is 387 Å². The van der Waals surface area contributed by atoms with Gasteiger partial charge in [0.15, 0.2) is 0 Å². The van der Waals surface area contributed by atoms with Crippen LogP contribution in [0.2, 0.25) is 0 Å². The molecule has 11 rings (SSSR count). The van der Waals surface area contributed by atoms with Gasteiger partial charge in [0.05, 0.1) is 16.7 Å². The van der Waals surface area contributed by atoms with Gasteiger partial charge in [-0.3, -0.25) is 4.57 Å². The van der Waals surface area contributed by atoms with Gasteiger partial charge >= 0.3 is 0 Å². The molecule has 63 heavy (non-hydrogen) atoms. The Hall–Kier alpha value is -6.55. The Morgan fingerprint density at radius 2 is 1.25 bits per heavy atom. The van der Waals surface area contributed by atoms with E-state index in [1.54, 1.807) is 0 Å². The fourth-order valence-electron chi connectivity index (χ4n) is 9.20.